The number of hydrogen-bond acceptors (Lipinski definition) is 3. The molecule has 1 aliphatic rings. The van der Waals surface area contributed by atoms with E-state index >= 15 is 0 Å². The normalized spacial score (nSPS) is 15.8. The van der Waals surface area contributed by atoms with Crippen molar-refractivity contribution in [2.24, 2.45) is 0 Å². The molecule has 0 atom stereocenters. The van der Waals surface area contributed by atoms with Gasteiger partial charge in [-0.2, -0.15) is 0 Å². The summed E-state index contributed by atoms with van der Waals surface area (Å²) in [6, 6.07) is 0.144. The Balaban J connectivity index is 1.87. The smallest absolute Gasteiger partial charge is 0.320 e. The van der Waals surface area contributed by atoms with Crippen molar-refractivity contribution in [2.45, 2.75) is 38.6 Å². The number of aryl methyl sites for hydroxylation is 1. The van der Waals surface area contributed by atoms with E-state index in [2.05, 4.69) is 15.8 Å². The van der Waals surface area contributed by atoms with E-state index in [-0.39, 0.29) is 6.03 Å². The Kier molecular flexibility index (Phi) is 2.89. The molecule has 1 aromatic rings. The largest absolute Gasteiger partial charge is 0.362 e. The van der Waals surface area contributed by atoms with Crippen molar-refractivity contribution in [1.82, 2.24) is 10.5 Å². The van der Waals surface area contributed by atoms with Crippen LogP contribution in [0.1, 0.15) is 31.7 Å². The number of carbonyl (C=O) groups is 1. The molecule has 1 heterocycles. The van der Waals surface area contributed by atoms with Crippen LogP contribution in [-0.2, 0) is 6.42 Å². The second-order valence-corrected chi connectivity index (χ2v) is 3.77. The number of carbonyl (C=O) groups excluding carboxylic acids is 1. The fourth-order valence-corrected chi connectivity index (χ4v) is 1.49. The summed E-state index contributed by atoms with van der Waals surface area (Å²) in [7, 11) is 0. The zero-order valence-electron chi connectivity index (χ0n) is 8.75. The summed E-state index contributed by atoms with van der Waals surface area (Å²) in [4.78, 5) is 11.5. The highest BCUT2D eigenvalue weighted by Crippen LogP contribution is 2.18. The second kappa shape index (κ2) is 4.33. The molecule has 82 valence electrons. The van der Waals surface area contributed by atoms with Gasteiger partial charge in [0, 0.05) is 11.6 Å². The molecule has 1 fully saturated rings. The van der Waals surface area contributed by atoms with Crippen molar-refractivity contribution in [3.8, 4) is 0 Å². The van der Waals surface area contributed by atoms with Gasteiger partial charge < -0.3 is 9.84 Å². The molecule has 1 aliphatic carbocycles. The molecular formula is C10H15N3O2. The van der Waals surface area contributed by atoms with Crippen molar-refractivity contribution in [3.63, 3.8) is 0 Å². The van der Waals surface area contributed by atoms with E-state index in [4.69, 9.17) is 4.52 Å². The number of aromatic nitrogens is 1. The van der Waals surface area contributed by atoms with Gasteiger partial charge in [-0.3, -0.25) is 5.32 Å². The lowest BCUT2D eigenvalue weighted by Crippen LogP contribution is -2.42. The summed E-state index contributed by atoms with van der Waals surface area (Å²) in [6.45, 7) is 1.99. The molecule has 0 radical (unpaired) electrons. The highest BCUT2D eigenvalue weighted by molar-refractivity contribution is 5.89. The SMILES string of the molecule is CCc1conc1NC(=O)NC1CCC1. The number of rotatable bonds is 3. The first-order valence-electron chi connectivity index (χ1n) is 5.30. The van der Waals surface area contributed by atoms with Crippen molar-refractivity contribution in [3.05, 3.63) is 11.8 Å². The summed E-state index contributed by atoms with van der Waals surface area (Å²) in [5.74, 6) is 0.523. The Hall–Kier alpha value is -1.52. The van der Waals surface area contributed by atoms with Crippen LogP contribution in [0.3, 0.4) is 0 Å². The van der Waals surface area contributed by atoms with Crippen LogP contribution in [0, 0.1) is 0 Å². The number of anilines is 1. The Morgan fingerprint density at radius 2 is 2.47 bits per heavy atom. The zero-order chi connectivity index (χ0) is 10.7. The maximum Gasteiger partial charge on any atom is 0.320 e. The third kappa shape index (κ3) is 2.29. The average Bonchev–Trinajstić information content (AvgIpc) is 2.59. The fraction of sp³-hybridized carbons (Fsp3) is 0.600. The molecule has 1 saturated carbocycles. The van der Waals surface area contributed by atoms with E-state index in [1.165, 1.54) is 6.42 Å². The molecule has 0 bridgehead atoms. The molecule has 0 aromatic carbocycles. The van der Waals surface area contributed by atoms with Crippen LogP contribution in [0.25, 0.3) is 0 Å². The van der Waals surface area contributed by atoms with Crippen LogP contribution in [0.5, 0.6) is 0 Å². The van der Waals surface area contributed by atoms with Gasteiger partial charge in [-0.1, -0.05) is 12.1 Å². The number of hydrogen-bond donors (Lipinski definition) is 2. The van der Waals surface area contributed by atoms with Crippen molar-refractivity contribution >= 4 is 11.8 Å². The number of amides is 2. The van der Waals surface area contributed by atoms with E-state index < -0.39 is 0 Å². The van der Waals surface area contributed by atoms with Gasteiger partial charge in [-0.25, -0.2) is 4.79 Å². The predicted molar refractivity (Wildman–Crippen MR) is 55.7 cm³/mol. The molecule has 1 aromatic heterocycles. The van der Waals surface area contributed by atoms with Gasteiger partial charge in [0.2, 0.25) is 0 Å². The van der Waals surface area contributed by atoms with Gasteiger partial charge in [-0.15, -0.1) is 0 Å². The maximum absolute atomic E-state index is 11.5. The van der Waals surface area contributed by atoms with E-state index in [0.29, 0.717) is 11.9 Å². The van der Waals surface area contributed by atoms with E-state index in [0.717, 1.165) is 24.8 Å². The number of nitrogens with one attached hydrogen (secondary N) is 2. The van der Waals surface area contributed by atoms with Crippen LogP contribution >= 0.6 is 0 Å². The summed E-state index contributed by atoms with van der Waals surface area (Å²) in [5.41, 5.74) is 0.916. The van der Waals surface area contributed by atoms with Gasteiger partial charge in [0.25, 0.3) is 0 Å². The Bertz CT molecular complexity index is 344. The molecule has 2 N–H and O–H groups in total. The van der Waals surface area contributed by atoms with E-state index in [1.54, 1.807) is 6.26 Å². The van der Waals surface area contributed by atoms with Crippen LogP contribution in [-0.4, -0.2) is 17.2 Å². The molecule has 2 rings (SSSR count). The summed E-state index contributed by atoms with van der Waals surface area (Å²) < 4.78 is 4.79. The summed E-state index contributed by atoms with van der Waals surface area (Å²) >= 11 is 0. The molecule has 5 nitrogen and oxygen atoms in total. The van der Waals surface area contributed by atoms with Gasteiger partial charge in [0.05, 0.1) is 0 Å². The second-order valence-electron chi connectivity index (χ2n) is 3.77. The molecule has 0 aliphatic heterocycles. The monoisotopic (exact) mass is 209 g/mol. The minimum atomic E-state index is -0.191. The van der Waals surface area contributed by atoms with E-state index in [9.17, 15) is 4.79 Å². The van der Waals surface area contributed by atoms with Crippen LogP contribution < -0.4 is 10.6 Å². The lowest BCUT2D eigenvalue weighted by molar-refractivity contribution is 0.239. The predicted octanol–water partition coefficient (Wildman–Crippen LogP) is 1.91. The molecule has 0 saturated heterocycles. The lowest BCUT2D eigenvalue weighted by atomic mass is 9.93. The third-order valence-electron chi connectivity index (χ3n) is 2.70. The molecular weight excluding hydrogens is 194 g/mol. The van der Waals surface area contributed by atoms with Crippen LogP contribution in [0.4, 0.5) is 10.6 Å². The lowest BCUT2D eigenvalue weighted by Gasteiger charge is -2.26. The minimum Gasteiger partial charge on any atom is -0.362 e. The number of urea groups is 1. The molecule has 5 heteroatoms. The first-order valence-corrected chi connectivity index (χ1v) is 5.30. The maximum atomic E-state index is 11.5. The van der Waals surface area contributed by atoms with Crippen molar-refractivity contribution in [1.29, 1.82) is 0 Å². The van der Waals surface area contributed by atoms with Gasteiger partial charge in [0.15, 0.2) is 5.82 Å². The summed E-state index contributed by atoms with van der Waals surface area (Å²) in [5, 5.41) is 9.29. The van der Waals surface area contributed by atoms with Gasteiger partial charge in [0.1, 0.15) is 6.26 Å². The highest BCUT2D eigenvalue weighted by atomic mass is 16.5. The Labute approximate surface area is 88.2 Å². The minimum absolute atomic E-state index is 0.191. The van der Waals surface area contributed by atoms with Crippen molar-refractivity contribution < 1.29 is 9.32 Å². The average molecular weight is 209 g/mol. The highest BCUT2D eigenvalue weighted by Gasteiger charge is 2.20. The fourth-order valence-electron chi connectivity index (χ4n) is 1.49. The summed E-state index contributed by atoms with van der Waals surface area (Å²) in [6.07, 6.45) is 5.70. The first kappa shape index (κ1) is 10.0. The van der Waals surface area contributed by atoms with Crippen LogP contribution in [0.15, 0.2) is 10.8 Å². The quantitative estimate of drug-likeness (QED) is 0.799. The topological polar surface area (TPSA) is 67.2 Å². The Morgan fingerprint density at radius 3 is 3.07 bits per heavy atom. The molecule has 2 amide bonds. The van der Waals surface area contributed by atoms with E-state index in [1.807, 2.05) is 6.92 Å². The Morgan fingerprint density at radius 1 is 1.67 bits per heavy atom. The van der Waals surface area contributed by atoms with Gasteiger partial charge in [-0.05, 0) is 25.7 Å². The molecule has 0 spiro atoms. The van der Waals surface area contributed by atoms with Crippen molar-refractivity contribution in [2.75, 3.05) is 5.32 Å². The number of nitrogens with zero attached hydrogens (tertiary/aromatic N) is 1. The van der Waals surface area contributed by atoms with Crippen LogP contribution in [0.2, 0.25) is 0 Å². The zero-order valence-corrected chi connectivity index (χ0v) is 8.75. The van der Waals surface area contributed by atoms with Gasteiger partial charge >= 0.3 is 6.03 Å². The standard InChI is InChI=1S/C10H15N3O2/c1-2-7-6-15-13-9(7)12-10(14)11-8-4-3-5-8/h6,8H,2-5H2,1H3,(H2,11,12,13,14). The molecule has 0 unspecified atom stereocenters. The molecule has 15 heavy (non-hydrogen) atoms. The first-order chi connectivity index (χ1) is 7.29. The third-order valence-corrected chi connectivity index (χ3v) is 2.70.